The summed E-state index contributed by atoms with van der Waals surface area (Å²) in [6, 6.07) is 10.1. The summed E-state index contributed by atoms with van der Waals surface area (Å²) in [4.78, 5) is 47.8. The highest BCUT2D eigenvalue weighted by Crippen LogP contribution is 2.50. The fourth-order valence-corrected chi connectivity index (χ4v) is 6.36. The van der Waals surface area contributed by atoms with Gasteiger partial charge in [-0.15, -0.1) is 11.3 Å². The third-order valence-electron chi connectivity index (χ3n) is 7.87. The summed E-state index contributed by atoms with van der Waals surface area (Å²) in [7, 11) is 1.35. The topological polar surface area (TPSA) is 79.8 Å². The summed E-state index contributed by atoms with van der Waals surface area (Å²) in [5.74, 6) is -0.345. The lowest BCUT2D eigenvalue weighted by Gasteiger charge is -2.40. The van der Waals surface area contributed by atoms with Crippen LogP contribution in [0, 0.1) is 17.8 Å². The molecule has 34 heavy (non-hydrogen) atoms. The molecule has 5 rings (SSSR count). The van der Waals surface area contributed by atoms with E-state index < -0.39 is 11.4 Å². The zero-order chi connectivity index (χ0) is 23.9. The first-order valence-electron chi connectivity index (χ1n) is 12.0. The van der Waals surface area contributed by atoms with Crippen LogP contribution in [0.2, 0.25) is 0 Å². The number of aromatic nitrogens is 1. The van der Waals surface area contributed by atoms with Crippen molar-refractivity contribution in [3.8, 4) is 10.6 Å². The van der Waals surface area contributed by atoms with Gasteiger partial charge in [-0.25, -0.2) is 4.98 Å². The SMILES string of the molecule is COC(=O)C1(C(=O)N2CCC3(CCN(C(=O)Cc4nc(-c5ccccc5)sc4C)C3)CC2)CC1. The number of methoxy groups -OCH3 is 1. The number of benzene rings is 1. The van der Waals surface area contributed by atoms with Crippen molar-refractivity contribution < 1.29 is 19.1 Å². The second-order valence-corrected chi connectivity index (χ2v) is 11.2. The third-order valence-corrected chi connectivity index (χ3v) is 8.93. The maximum Gasteiger partial charge on any atom is 0.321 e. The van der Waals surface area contributed by atoms with Gasteiger partial charge in [-0.3, -0.25) is 14.4 Å². The van der Waals surface area contributed by atoms with Crippen molar-refractivity contribution in [3.05, 3.63) is 40.9 Å². The molecule has 8 heteroatoms. The highest BCUT2D eigenvalue weighted by Gasteiger charge is 2.59. The minimum Gasteiger partial charge on any atom is -0.468 e. The normalized spacial score (nSPS) is 20.4. The predicted octanol–water partition coefficient (Wildman–Crippen LogP) is 3.46. The van der Waals surface area contributed by atoms with Crippen LogP contribution in [0.4, 0.5) is 0 Å². The highest BCUT2D eigenvalue weighted by atomic mass is 32.1. The Bertz CT molecular complexity index is 1100. The molecule has 2 aliphatic heterocycles. The second-order valence-electron chi connectivity index (χ2n) is 10.00. The summed E-state index contributed by atoms with van der Waals surface area (Å²) in [6.07, 6.45) is 4.21. The van der Waals surface area contributed by atoms with Gasteiger partial charge >= 0.3 is 5.97 Å². The second kappa shape index (κ2) is 8.80. The van der Waals surface area contributed by atoms with Crippen molar-refractivity contribution in [1.82, 2.24) is 14.8 Å². The van der Waals surface area contributed by atoms with Crippen molar-refractivity contribution in [1.29, 1.82) is 0 Å². The summed E-state index contributed by atoms with van der Waals surface area (Å²) in [5, 5.41) is 0.955. The lowest BCUT2D eigenvalue weighted by molar-refractivity contribution is -0.157. The zero-order valence-corrected chi connectivity index (χ0v) is 20.7. The Labute approximate surface area is 204 Å². The number of nitrogens with zero attached hydrogens (tertiary/aromatic N) is 3. The van der Waals surface area contributed by atoms with E-state index in [0.29, 0.717) is 32.4 Å². The standard InChI is InChI=1S/C26H31N3O4S/c1-18-20(27-22(34-18)19-6-4-3-5-7-19)16-21(30)29-15-12-25(17-29)10-13-28(14-11-25)23(31)26(8-9-26)24(32)33-2/h3-7H,8-17H2,1-2H3. The molecule has 2 aromatic rings. The van der Waals surface area contributed by atoms with E-state index in [1.54, 1.807) is 11.3 Å². The van der Waals surface area contributed by atoms with Gasteiger partial charge in [0.25, 0.3) is 0 Å². The number of carbonyl (C=O) groups excluding carboxylic acids is 3. The van der Waals surface area contributed by atoms with E-state index in [0.717, 1.165) is 53.5 Å². The monoisotopic (exact) mass is 481 g/mol. The maximum atomic E-state index is 13.1. The van der Waals surface area contributed by atoms with Gasteiger partial charge in [-0.05, 0) is 44.4 Å². The molecule has 2 amide bonds. The van der Waals surface area contributed by atoms with Crippen LogP contribution < -0.4 is 0 Å². The molecule has 2 saturated heterocycles. The van der Waals surface area contributed by atoms with Gasteiger partial charge in [-0.1, -0.05) is 30.3 Å². The van der Waals surface area contributed by atoms with Gasteiger partial charge in [-0.2, -0.15) is 0 Å². The summed E-state index contributed by atoms with van der Waals surface area (Å²) in [6.45, 7) is 4.82. The number of esters is 1. The Balaban J connectivity index is 1.17. The van der Waals surface area contributed by atoms with Crippen LogP contribution in [-0.4, -0.2) is 65.9 Å². The van der Waals surface area contributed by atoms with E-state index in [-0.39, 0.29) is 17.2 Å². The molecule has 0 bridgehead atoms. The number of likely N-dealkylation sites (tertiary alicyclic amines) is 2. The number of aryl methyl sites for hydroxylation is 1. The average molecular weight is 482 g/mol. The minimum absolute atomic E-state index is 0.0702. The molecule has 0 atom stereocenters. The van der Waals surface area contributed by atoms with E-state index in [2.05, 4.69) is 0 Å². The molecule has 7 nitrogen and oxygen atoms in total. The molecule has 0 radical (unpaired) electrons. The van der Waals surface area contributed by atoms with Crippen LogP contribution in [0.1, 0.15) is 42.7 Å². The van der Waals surface area contributed by atoms with Gasteiger partial charge in [0.1, 0.15) is 10.4 Å². The fourth-order valence-electron chi connectivity index (χ4n) is 5.42. The number of piperidine rings is 1. The first-order chi connectivity index (χ1) is 16.4. The Morgan fingerprint density at radius 1 is 1.00 bits per heavy atom. The molecule has 1 aliphatic carbocycles. The van der Waals surface area contributed by atoms with Crippen molar-refractivity contribution in [2.24, 2.45) is 10.8 Å². The van der Waals surface area contributed by atoms with Gasteiger partial charge in [0.15, 0.2) is 0 Å². The number of ether oxygens (including phenoxy) is 1. The van der Waals surface area contributed by atoms with Crippen molar-refractivity contribution >= 4 is 29.1 Å². The van der Waals surface area contributed by atoms with Crippen LogP contribution >= 0.6 is 11.3 Å². The lowest BCUT2D eigenvalue weighted by atomic mass is 9.77. The van der Waals surface area contributed by atoms with Gasteiger partial charge in [0.05, 0.1) is 19.2 Å². The maximum absolute atomic E-state index is 13.1. The van der Waals surface area contributed by atoms with Crippen molar-refractivity contribution in [2.45, 2.75) is 45.4 Å². The first kappa shape index (κ1) is 23.0. The molecule has 0 unspecified atom stereocenters. The van der Waals surface area contributed by atoms with E-state index in [9.17, 15) is 14.4 Å². The van der Waals surface area contributed by atoms with Crippen LogP contribution in [0.3, 0.4) is 0 Å². The number of amides is 2. The molecular formula is C26H31N3O4S. The van der Waals surface area contributed by atoms with E-state index in [4.69, 9.17) is 9.72 Å². The summed E-state index contributed by atoms with van der Waals surface area (Å²) < 4.78 is 4.87. The zero-order valence-electron chi connectivity index (χ0n) is 19.8. The van der Waals surface area contributed by atoms with Gasteiger partial charge in [0, 0.05) is 36.6 Å². The number of hydrogen-bond donors (Lipinski definition) is 0. The summed E-state index contributed by atoms with van der Waals surface area (Å²) in [5.41, 5.74) is 1.09. The van der Waals surface area contributed by atoms with Crippen LogP contribution in [-0.2, 0) is 25.5 Å². The Morgan fingerprint density at radius 3 is 2.26 bits per heavy atom. The average Bonchev–Trinajstić information content (AvgIpc) is 3.46. The molecule has 1 saturated carbocycles. The molecule has 3 heterocycles. The Kier molecular flexibility index (Phi) is 5.96. The fraction of sp³-hybridized carbons (Fsp3) is 0.538. The molecular weight excluding hydrogens is 450 g/mol. The molecule has 1 aromatic carbocycles. The number of hydrogen-bond acceptors (Lipinski definition) is 6. The molecule has 1 spiro atoms. The Morgan fingerprint density at radius 2 is 1.65 bits per heavy atom. The van der Waals surface area contributed by atoms with Gasteiger partial charge in [0.2, 0.25) is 11.8 Å². The molecule has 1 aromatic heterocycles. The minimum atomic E-state index is -0.930. The smallest absolute Gasteiger partial charge is 0.321 e. The van der Waals surface area contributed by atoms with E-state index in [1.165, 1.54) is 7.11 Å². The van der Waals surface area contributed by atoms with Crippen molar-refractivity contribution in [3.63, 3.8) is 0 Å². The van der Waals surface area contributed by atoms with E-state index in [1.807, 2.05) is 47.1 Å². The van der Waals surface area contributed by atoms with Crippen molar-refractivity contribution in [2.75, 3.05) is 33.3 Å². The molecule has 3 fully saturated rings. The van der Waals surface area contributed by atoms with Crippen LogP contribution in [0.5, 0.6) is 0 Å². The van der Waals surface area contributed by atoms with Crippen LogP contribution in [0.25, 0.3) is 10.6 Å². The quantitative estimate of drug-likeness (QED) is 0.483. The number of carbonyl (C=O) groups is 3. The summed E-state index contributed by atoms with van der Waals surface area (Å²) >= 11 is 1.63. The number of thiazole rings is 1. The van der Waals surface area contributed by atoms with E-state index >= 15 is 0 Å². The van der Waals surface area contributed by atoms with Gasteiger partial charge < -0.3 is 14.5 Å². The first-order valence-corrected chi connectivity index (χ1v) is 12.8. The molecule has 3 aliphatic rings. The third kappa shape index (κ3) is 4.13. The molecule has 0 N–H and O–H groups in total. The van der Waals surface area contributed by atoms with Crippen LogP contribution in [0.15, 0.2) is 30.3 Å². The Hall–Kier alpha value is -2.74. The lowest BCUT2D eigenvalue weighted by Crippen LogP contribution is -2.48. The highest BCUT2D eigenvalue weighted by molar-refractivity contribution is 7.15. The number of rotatable bonds is 5. The predicted molar refractivity (Wildman–Crippen MR) is 129 cm³/mol. The molecule has 180 valence electrons. The largest absolute Gasteiger partial charge is 0.468 e.